The van der Waals surface area contributed by atoms with E-state index in [1.54, 1.807) is 9.80 Å². The molecule has 2 aromatic carbocycles. The average Bonchev–Trinajstić information content (AvgIpc) is 2.50. The van der Waals surface area contributed by atoms with Crippen LogP contribution in [0.5, 0.6) is 0 Å². The summed E-state index contributed by atoms with van der Waals surface area (Å²) in [7, 11) is 0. The molecule has 0 N–H and O–H groups in total. The fourth-order valence-electron chi connectivity index (χ4n) is 2.52. The number of nitrogens with zero attached hydrogens (tertiary/aromatic N) is 2. The van der Waals surface area contributed by atoms with Crippen LogP contribution in [0.1, 0.15) is 17.5 Å². The Kier molecular flexibility index (Phi) is 3.67. The first-order valence-corrected chi connectivity index (χ1v) is 7.28. The molecule has 0 unspecified atom stereocenters. The number of carbonyl (C=O) groups excluding carboxylic acids is 2. The van der Waals surface area contributed by atoms with Gasteiger partial charge in [0.1, 0.15) is 13.1 Å². The predicted molar refractivity (Wildman–Crippen MR) is 86.8 cm³/mol. The number of hydrogen-bond donors (Lipinski definition) is 0. The molecule has 0 radical (unpaired) electrons. The van der Waals surface area contributed by atoms with Crippen LogP contribution in [-0.4, -0.2) is 18.5 Å². The first-order valence-electron chi connectivity index (χ1n) is 7.28. The molecule has 112 valence electrons. The number of aryl methyl sites for hydroxylation is 2. The van der Waals surface area contributed by atoms with Gasteiger partial charge in [-0.05, 0) is 38.1 Å². The molecule has 1 aliphatic heterocycles. The fourth-order valence-corrected chi connectivity index (χ4v) is 2.52. The van der Waals surface area contributed by atoms with Gasteiger partial charge in [0.25, 0.3) is 0 Å². The van der Waals surface area contributed by atoms with Crippen molar-refractivity contribution in [3.63, 3.8) is 0 Å². The van der Waals surface area contributed by atoms with Crippen molar-refractivity contribution in [2.24, 2.45) is 0 Å². The third-order valence-corrected chi connectivity index (χ3v) is 3.88. The first kappa shape index (κ1) is 14.3. The first-order chi connectivity index (χ1) is 10.5. The lowest BCUT2D eigenvalue weighted by Gasteiger charge is -2.35. The van der Waals surface area contributed by atoms with E-state index in [1.807, 2.05) is 62.4 Å². The summed E-state index contributed by atoms with van der Waals surface area (Å²) in [5.41, 5.74) is 3.92. The van der Waals surface area contributed by atoms with Gasteiger partial charge >= 0.3 is 0 Å². The maximum Gasteiger partial charge on any atom is 0.237 e. The summed E-state index contributed by atoms with van der Waals surface area (Å²) >= 11 is 0. The fraction of sp³-hybridized carbons (Fsp3) is 0.222. The van der Waals surface area contributed by atoms with E-state index in [0.29, 0.717) is 0 Å². The van der Waals surface area contributed by atoms with Crippen LogP contribution in [0.2, 0.25) is 0 Å². The molecule has 3 rings (SSSR count). The van der Waals surface area contributed by atoms with Gasteiger partial charge in [-0.1, -0.05) is 35.4 Å². The van der Waals surface area contributed by atoms with Gasteiger partial charge in [0.15, 0.2) is 0 Å². The lowest BCUT2D eigenvalue weighted by molar-refractivity contribution is -0.128. The summed E-state index contributed by atoms with van der Waals surface area (Å²) in [4.78, 5) is 27.7. The summed E-state index contributed by atoms with van der Waals surface area (Å²) < 4.78 is 0. The molecule has 1 fully saturated rings. The Labute approximate surface area is 130 Å². The van der Waals surface area contributed by atoms with Crippen LogP contribution in [0.25, 0.3) is 0 Å². The second-order valence-corrected chi connectivity index (χ2v) is 5.63. The summed E-state index contributed by atoms with van der Waals surface area (Å²) in [6.45, 7) is 4.26. The molecule has 0 aliphatic carbocycles. The zero-order valence-corrected chi connectivity index (χ0v) is 12.7. The smallest absolute Gasteiger partial charge is 0.237 e. The van der Waals surface area contributed by atoms with Gasteiger partial charge in [0.2, 0.25) is 11.8 Å². The van der Waals surface area contributed by atoms with Crippen molar-refractivity contribution in [1.29, 1.82) is 0 Å². The highest BCUT2D eigenvalue weighted by atomic mass is 16.2. The standard InChI is InChI=1S/C18H18N2O2/c1-13-3-7-15(8-4-13)19-12-20(18(22)11-17(19)21)16-9-5-14(2)6-10-16/h3-10H,11-12H2,1-2H3. The Morgan fingerprint density at radius 2 is 1.05 bits per heavy atom. The highest BCUT2D eigenvalue weighted by Crippen LogP contribution is 2.24. The number of benzene rings is 2. The molecule has 4 nitrogen and oxygen atoms in total. The van der Waals surface area contributed by atoms with Crippen LogP contribution in [0, 0.1) is 13.8 Å². The Morgan fingerprint density at radius 1 is 0.682 bits per heavy atom. The maximum absolute atomic E-state index is 12.2. The third kappa shape index (κ3) is 2.72. The van der Waals surface area contributed by atoms with Crippen molar-refractivity contribution in [2.45, 2.75) is 20.3 Å². The maximum atomic E-state index is 12.2. The highest BCUT2D eigenvalue weighted by molar-refractivity contribution is 6.13. The van der Waals surface area contributed by atoms with Crippen LogP contribution < -0.4 is 9.80 Å². The number of amides is 2. The van der Waals surface area contributed by atoms with Gasteiger partial charge in [0, 0.05) is 11.4 Å². The topological polar surface area (TPSA) is 40.6 Å². The predicted octanol–water partition coefficient (Wildman–Crippen LogP) is 3.03. The van der Waals surface area contributed by atoms with Crippen molar-refractivity contribution in [3.8, 4) is 0 Å². The van der Waals surface area contributed by atoms with Gasteiger partial charge < -0.3 is 0 Å². The largest absolute Gasteiger partial charge is 0.293 e. The minimum atomic E-state index is -0.155. The van der Waals surface area contributed by atoms with E-state index in [2.05, 4.69) is 0 Å². The number of rotatable bonds is 2. The van der Waals surface area contributed by atoms with Gasteiger partial charge in [0.05, 0.1) is 0 Å². The summed E-state index contributed by atoms with van der Waals surface area (Å²) in [5, 5.41) is 0. The number of hydrogen-bond acceptors (Lipinski definition) is 2. The Bertz CT molecular complexity index is 643. The molecule has 4 heteroatoms. The van der Waals surface area contributed by atoms with Crippen LogP contribution in [-0.2, 0) is 9.59 Å². The third-order valence-electron chi connectivity index (χ3n) is 3.88. The SMILES string of the molecule is Cc1ccc(N2CN(c3ccc(C)cc3)C(=O)CC2=O)cc1. The monoisotopic (exact) mass is 294 g/mol. The van der Waals surface area contributed by atoms with Crippen LogP contribution >= 0.6 is 0 Å². The molecule has 2 aromatic rings. The molecule has 1 aliphatic rings. The van der Waals surface area contributed by atoms with E-state index in [4.69, 9.17) is 0 Å². The second kappa shape index (κ2) is 5.64. The molecule has 0 spiro atoms. The summed E-state index contributed by atoms with van der Waals surface area (Å²) in [5.74, 6) is -0.311. The van der Waals surface area contributed by atoms with Gasteiger partial charge in [-0.3, -0.25) is 19.4 Å². The zero-order chi connectivity index (χ0) is 15.7. The molecule has 0 saturated carbocycles. The van der Waals surface area contributed by atoms with Gasteiger partial charge in [-0.2, -0.15) is 0 Å². The molecule has 2 amide bonds. The van der Waals surface area contributed by atoms with Crippen molar-refractivity contribution in [2.75, 3.05) is 16.5 Å². The van der Waals surface area contributed by atoms with Crippen molar-refractivity contribution < 1.29 is 9.59 Å². The Morgan fingerprint density at radius 3 is 1.41 bits per heavy atom. The van der Waals surface area contributed by atoms with E-state index < -0.39 is 0 Å². The van der Waals surface area contributed by atoms with Crippen LogP contribution in [0.4, 0.5) is 11.4 Å². The Balaban J connectivity index is 1.89. The van der Waals surface area contributed by atoms with Crippen LogP contribution in [0.3, 0.4) is 0 Å². The average molecular weight is 294 g/mol. The summed E-state index contributed by atoms with van der Waals surface area (Å²) in [6, 6.07) is 15.5. The molecular formula is C18H18N2O2. The summed E-state index contributed by atoms with van der Waals surface area (Å²) in [6.07, 6.45) is -0.0955. The van der Waals surface area contributed by atoms with E-state index in [0.717, 1.165) is 22.5 Å². The number of carbonyl (C=O) groups is 2. The minimum Gasteiger partial charge on any atom is -0.293 e. The van der Waals surface area contributed by atoms with E-state index in [9.17, 15) is 9.59 Å². The molecule has 1 heterocycles. The highest BCUT2D eigenvalue weighted by Gasteiger charge is 2.31. The normalized spacial score (nSPS) is 15.4. The zero-order valence-electron chi connectivity index (χ0n) is 12.7. The van der Waals surface area contributed by atoms with Crippen molar-refractivity contribution in [3.05, 3.63) is 59.7 Å². The lowest BCUT2D eigenvalue weighted by Crippen LogP contribution is -2.51. The Hall–Kier alpha value is -2.62. The molecule has 22 heavy (non-hydrogen) atoms. The molecular weight excluding hydrogens is 276 g/mol. The van der Waals surface area contributed by atoms with E-state index in [-0.39, 0.29) is 24.9 Å². The van der Waals surface area contributed by atoms with Crippen LogP contribution in [0.15, 0.2) is 48.5 Å². The second-order valence-electron chi connectivity index (χ2n) is 5.63. The van der Waals surface area contributed by atoms with E-state index in [1.165, 1.54) is 0 Å². The van der Waals surface area contributed by atoms with Crippen molar-refractivity contribution >= 4 is 23.2 Å². The minimum absolute atomic E-state index is 0.0955. The number of anilines is 2. The molecule has 1 saturated heterocycles. The van der Waals surface area contributed by atoms with Crippen molar-refractivity contribution in [1.82, 2.24) is 0 Å². The van der Waals surface area contributed by atoms with Gasteiger partial charge in [-0.25, -0.2) is 0 Å². The quantitative estimate of drug-likeness (QED) is 0.799. The van der Waals surface area contributed by atoms with E-state index >= 15 is 0 Å². The molecule has 0 bridgehead atoms. The molecule has 0 atom stereocenters. The molecule has 0 aromatic heterocycles. The lowest BCUT2D eigenvalue weighted by atomic mass is 10.1. The van der Waals surface area contributed by atoms with Gasteiger partial charge in [-0.15, -0.1) is 0 Å².